The Morgan fingerprint density at radius 1 is 1.11 bits per heavy atom. The third-order valence-corrected chi connectivity index (χ3v) is 4.09. The molecule has 0 atom stereocenters. The number of nitro benzene ring substituents is 1. The molecule has 3 N–H and O–H groups in total. The van der Waals surface area contributed by atoms with E-state index in [4.69, 9.17) is 0 Å². The smallest absolute Gasteiger partial charge is 0.292 e. The summed E-state index contributed by atoms with van der Waals surface area (Å²) in [6.07, 6.45) is 2.15. The molecule has 27 heavy (non-hydrogen) atoms. The third-order valence-electron chi connectivity index (χ3n) is 4.09. The number of para-hydroxylation sites is 2. The van der Waals surface area contributed by atoms with Crippen LogP contribution in [0.15, 0.2) is 48.5 Å². The predicted molar refractivity (Wildman–Crippen MR) is 102 cm³/mol. The Morgan fingerprint density at radius 3 is 2.63 bits per heavy atom. The first kappa shape index (κ1) is 18.4. The molecule has 0 unspecified atom stereocenters. The van der Waals surface area contributed by atoms with Crippen LogP contribution in [-0.4, -0.2) is 29.3 Å². The zero-order valence-electron chi connectivity index (χ0n) is 14.6. The average Bonchev–Trinajstić information content (AvgIpc) is 3.46. The Bertz CT molecular complexity index is 864. The van der Waals surface area contributed by atoms with Crippen LogP contribution in [0, 0.1) is 10.1 Å². The van der Waals surface area contributed by atoms with E-state index >= 15 is 0 Å². The van der Waals surface area contributed by atoms with Gasteiger partial charge in [0.1, 0.15) is 5.69 Å². The summed E-state index contributed by atoms with van der Waals surface area (Å²) >= 11 is 0. The van der Waals surface area contributed by atoms with Gasteiger partial charge in [-0.1, -0.05) is 18.2 Å². The summed E-state index contributed by atoms with van der Waals surface area (Å²) in [6.45, 7) is 0.249. The summed E-state index contributed by atoms with van der Waals surface area (Å²) in [7, 11) is 0. The number of hydrogen-bond acceptors (Lipinski definition) is 5. The van der Waals surface area contributed by atoms with Crippen molar-refractivity contribution in [2.45, 2.75) is 25.3 Å². The monoisotopic (exact) mass is 368 g/mol. The second-order valence-electron chi connectivity index (χ2n) is 6.33. The fourth-order valence-corrected chi connectivity index (χ4v) is 2.55. The highest BCUT2D eigenvalue weighted by atomic mass is 16.6. The van der Waals surface area contributed by atoms with Crippen molar-refractivity contribution >= 4 is 28.9 Å². The van der Waals surface area contributed by atoms with Crippen LogP contribution in [0.2, 0.25) is 0 Å². The van der Waals surface area contributed by atoms with Crippen LogP contribution >= 0.6 is 0 Å². The molecule has 8 nitrogen and oxygen atoms in total. The maximum absolute atomic E-state index is 12.1. The molecular formula is C19H20N4O4. The van der Waals surface area contributed by atoms with E-state index in [9.17, 15) is 19.7 Å². The van der Waals surface area contributed by atoms with Gasteiger partial charge in [-0.3, -0.25) is 19.7 Å². The van der Waals surface area contributed by atoms with Gasteiger partial charge < -0.3 is 16.0 Å². The maximum atomic E-state index is 12.1. The van der Waals surface area contributed by atoms with Crippen molar-refractivity contribution < 1.29 is 14.5 Å². The number of hydrogen-bond donors (Lipinski definition) is 3. The Kier molecular flexibility index (Phi) is 5.65. The first-order valence-electron chi connectivity index (χ1n) is 8.71. The highest BCUT2D eigenvalue weighted by Gasteiger charge is 2.23. The second kappa shape index (κ2) is 8.31. The minimum atomic E-state index is -0.472. The molecule has 1 saturated carbocycles. The lowest BCUT2D eigenvalue weighted by atomic mass is 10.2. The van der Waals surface area contributed by atoms with Crippen LogP contribution in [0.1, 0.15) is 29.6 Å². The Balaban J connectivity index is 1.51. The molecule has 2 aromatic rings. The Hall–Kier alpha value is -3.42. The van der Waals surface area contributed by atoms with Crippen LogP contribution in [0.25, 0.3) is 0 Å². The summed E-state index contributed by atoms with van der Waals surface area (Å²) in [4.78, 5) is 34.7. The van der Waals surface area contributed by atoms with Gasteiger partial charge in [0.15, 0.2) is 0 Å². The number of rotatable bonds is 8. The zero-order chi connectivity index (χ0) is 19.2. The van der Waals surface area contributed by atoms with Crippen molar-refractivity contribution in [1.29, 1.82) is 0 Å². The van der Waals surface area contributed by atoms with Crippen molar-refractivity contribution in [3.05, 3.63) is 64.2 Å². The summed E-state index contributed by atoms with van der Waals surface area (Å²) in [5, 5.41) is 19.5. The minimum absolute atomic E-state index is 0.0349. The van der Waals surface area contributed by atoms with Crippen molar-refractivity contribution in [2.24, 2.45) is 0 Å². The molecule has 0 saturated heterocycles. The summed E-state index contributed by atoms with van der Waals surface area (Å²) in [5.41, 5.74) is 1.37. The number of nitrogens with one attached hydrogen (secondary N) is 3. The van der Waals surface area contributed by atoms with Gasteiger partial charge in [0.05, 0.1) is 4.92 Å². The fourth-order valence-electron chi connectivity index (χ4n) is 2.55. The highest BCUT2D eigenvalue weighted by molar-refractivity contribution is 5.97. The maximum Gasteiger partial charge on any atom is 0.292 e. The van der Waals surface area contributed by atoms with Crippen LogP contribution in [-0.2, 0) is 4.79 Å². The Labute approximate surface area is 156 Å². The molecule has 1 aliphatic carbocycles. The largest absolute Gasteiger partial charge is 0.379 e. The lowest BCUT2D eigenvalue weighted by Crippen LogP contribution is -2.25. The van der Waals surface area contributed by atoms with Gasteiger partial charge in [-0.05, 0) is 37.1 Å². The van der Waals surface area contributed by atoms with E-state index in [0.717, 1.165) is 12.8 Å². The van der Waals surface area contributed by atoms with Crippen molar-refractivity contribution in [3.63, 3.8) is 0 Å². The molecule has 140 valence electrons. The van der Waals surface area contributed by atoms with Crippen molar-refractivity contribution in [1.82, 2.24) is 5.32 Å². The Morgan fingerprint density at radius 2 is 1.89 bits per heavy atom. The van der Waals surface area contributed by atoms with Gasteiger partial charge in [0, 0.05) is 36.3 Å². The molecule has 2 aromatic carbocycles. The molecule has 0 spiro atoms. The second-order valence-corrected chi connectivity index (χ2v) is 6.33. The molecule has 1 aliphatic rings. The van der Waals surface area contributed by atoms with E-state index in [0.29, 0.717) is 16.9 Å². The third kappa shape index (κ3) is 5.27. The van der Waals surface area contributed by atoms with Gasteiger partial charge in [0.25, 0.3) is 11.6 Å². The van der Waals surface area contributed by atoms with Crippen LogP contribution in [0.4, 0.5) is 17.1 Å². The van der Waals surface area contributed by atoms with E-state index in [1.807, 2.05) is 0 Å². The number of nitro groups is 1. The molecule has 1 fully saturated rings. The topological polar surface area (TPSA) is 113 Å². The van der Waals surface area contributed by atoms with Gasteiger partial charge in [-0.2, -0.15) is 0 Å². The standard InChI is InChI=1S/C19H20N4O4/c24-18(10-11-20-16-6-1-2-7-17(16)23(26)27)21-15-5-3-4-13(12-15)19(25)22-14-8-9-14/h1-7,12,14,20H,8-11H2,(H,21,24)(H,22,25). The number of benzene rings is 2. The van der Waals surface area contributed by atoms with Crippen LogP contribution < -0.4 is 16.0 Å². The van der Waals surface area contributed by atoms with E-state index in [-0.39, 0.29) is 36.5 Å². The number of nitrogens with zero attached hydrogens (tertiary/aromatic N) is 1. The molecule has 0 aromatic heterocycles. The first-order chi connectivity index (χ1) is 13.0. The fraction of sp³-hybridized carbons (Fsp3) is 0.263. The van der Waals surface area contributed by atoms with Crippen molar-refractivity contribution in [3.8, 4) is 0 Å². The van der Waals surface area contributed by atoms with Gasteiger partial charge in [-0.25, -0.2) is 0 Å². The van der Waals surface area contributed by atoms with E-state index < -0.39 is 4.92 Å². The average molecular weight is 368 g/mol. The van der Waals surface area contributed by atoms with Crippen LogP contribution in [0.3, 0.4) is 0 Å². The SMILES string of the molecule is O=C(CCNc1ccccc1[N+](=O)[O-])Nc1cccc(C(=O)NC2CC2)c1. The van der Waals surface area contributed by atoms with E-state index in [1.54, 1.807) is 42.5 Å². The molecule has 0 aliphatic heterocycles. The molecule has 3 rings (SSSR count). The first-order valence-corrected chi connectivity index (χ1v) is 8.71. The molecule has 0 radical (unpaired) electrons. The van der Waals surface area contributed by atoms with Gasteiger partial charge in [-0.15, -0.1) is 0 Å². The molecular weight excluding hydrogens is 348 g/mol. The van der Waals surface area contributed by atoms with E-state index in [1.165, 1.54) is 6.07 Å². The summed E-state index contributed by atoms with van der Waals surface area (Å²) < 4.78 is 0. The number of carbonyl (C=O) groups is 2. The molecule has 0 heterocycles. The lowest BCUT2D eigenvalue weighted by Gasteiger charge is -2.09. The van der Waals surface area contributed by atoms with Crippen LogP contribution in [0.5, 0.6) is 0 Å². The number of anilines is 2. The highest BCUT2D eigenvalue weighted by Crippen LogP contribution is 2.23. The van der Waals surface area contributed by atoms with E-state index in [2.05, 4.69) is 16.0 Å². The minimum Gasteiger partial charge on any atom is -0.379 e. The number of carbonyl (C=O) groups excluding carboxylic acids is 2. The summed E-state index contributed by atoms with van der Waals surface area (Å²) in [6, 6.07) is 13.3. The van der Waals surface area contributed by atoms with Gasteiger partial charge in [0.2, 0.25) is 5.91 Å². The summed E-state index contributed by atoms with van der Waals surface area (Å²) in [5.74, 6) is -0.396. The lowest BCUT2D eigenvalue weighted by molar-refractivity contribution is -0.384. The quantitative estimate of drug-likeness (QED) is 0.490. The molecule has 2 amide bonds. The normalized spacial score (nSPS) is 12.9. The molecule has 0 bridgehead atoms. The number of amides is 2. The predicted octanol–water partition coefficient (Wildman–Crippen LogP) is 2.93. The van der Waals surface area contributed by atoms with Crippen molar-refractivity contribution in [2.75, 3.05) is 17.2 Å². The van der Waals surface area contributed by atoms with Gasteiger partial charge >= 0.3 is 0 Å². The molecule has 8 heteroatoms. The zero-order valence-corrected chi connectivity index (χ0v) is 14.6.